The van der Waals surface area contributed by atoms with Crippen molar-refractivity contribution < 1.29 is 28.0 Å². The van der Waals surface area contributed by atoms with E-state index in [0.717, 1.165) is 41.8 Å². The highest BCUT2D eigenvalue weighted by Crippen LogP contribution is 2.42. The molecule has 1 saturated carbocycles. The summed E-state index contributed by atoms with van der Waals surface area (Å²) in [5.74, 6) is -1.24. The third-order valence-corrected chi connectivity index (χ3v) is 3.86. The number of non-ortho nitro benzene ring substituents is 1. The van der Waals surface area contributed by atoms with Crippen LogP contribution >= 0.6 is 0 Å². The van der Waals surface area contributed by atoms with Crippen LogP contribution in [0.4, 0.5) is 24.5 Å². The van der Waals surface area contributed by atoms with Crippen molar-refractivity contribution >= 4 is 17.3 Å². The third-order valence-electron chi connectivity index (χ3n) is 3.86. The minimum Gasteiger partial charge on any atom is -0.506 e. The Morgan fingerprint density at radius 3 is 2.65 bits per heavy atom. The summed E-state index contributed by atoms with van der Waals surface area (Å²) in [6.45, 7) is -0.510. The first kappa shape index (κ1) is 17.7. The molecule has 2 N–H and O–H groups in total. The summed E-state index contributed by atoms with van der Waals surface area (Å²) in [7, 11) is 0. The summed E-state index contributed by atoms with van der Waals surface area (Å²) >= 11 is 0. The fourth-order valence-electron chi connectivity index (χ4n) is 2.47. The van der Waals surface area contributed by atoms with E-state index in [1.807, 2.05) is 0 Å². The fraction of sp³-hybridized carbons (Fsp3) is 0.333. The Balaban J connectivity index is 1.79. The van der Waals surface area contributed by atoms with Gasteiger partial charge < -0.3 is 10.4 Å². The van der Waals surface area contributed by atoms with Crippen molar-refractivity contribution in [3.63, 3.8) is 0 Å². The molecule has 1 aliphatic rings. The standard InChI is InChI=1S/C15H13F3N4O4/c16-15(17,18)13-6-11(8-1-2-8)21(20-13)7-14(24)19-10-5-9(22(25)26)3-4-12(10)23/h3-6,8,23H,1-2,7H2,(H,19,24). The summed E-state index contributed by atoms with van der Waals surface area (Å²) in [6.07, 6.45) is -3.18. The average molecular weight is 370 g/mol. The number of carbonyl (C=O) groups is 1. The van der Waals surface area contributed by atoms with E-state index in [1.54, 1.807) is 0 Å². The SMILES string of the molecule is O=C(Cn1nc(C(F)(F)F)cc1C1CC1)Nc1cc([N+](=O)[O-])ccc1O. The van der Waals surface area contributed by atoms with Gasteiger partial charge in [-0.05, 0) is 25.0 Å². The van der Waals surface area contributed by atoms with Gasteiger partial charge in [-0.3, -0.25) is 19.6 Å². The maximum Gasteiger partial charge on any atom is 0.435 e. The van der Waals surface area contributed by atoms with Gasteiger partial charge in [-0.15, -0.1) is 0 Å². The van der Waals surface area contributed by atoms with E-state index >= 15 is 0 Å². The van der Waals surface area contributed by atoms with Crippen LogP contribution in [0.15, 0.2) is 24.3 Å². The molecule has 11 heteroatoms. The number of nitro benzene ring substituents is 1. The molecule has 1 heterocycles. The molecule has 0 radical (unpaired) electrons. The summed E-state index contributed by atoms with van der Waals surface area (Å²) in [4.78, 5) is 22.2. The third kappa shape index (κ3) is 3.76. The topological polar surface area (TPSA) is 110 Å². The number of alkyl halides is 3. The molecule has 2 aromatic rings. The van der Waals surface area contributed by atoms with Gasteiger partial charge in [-0.1, -0.05) is 0 Å². The van der Waals surface area contributed by atoms with Crippen molar-refractivity contribution in [1.29, 1.82) is 0 Å². The van der Waals surface area contributed by atoms with Crippen LogP contribution in [-0.4, -0.2) is 25.7 Å². The highest BCUT2D eigenvalue weighted by molar-refractivity contribution is 5.92. The number of nitrogens with one attached hydrogen (secondary N) is 1. The lowest BCUT2D eigenvalue weighted by Crippen LogP contribution is -2.21. The van der Waals surface area contributed by atoms with E-state index in [2.05, 4.69) is 10.4 Å². The van der Waals surface area contributed by atoms with Gasteiger partial charge in [-0.25, -0.2) is 0 Å². The van der Waals surface area contributed by atoms with Crippen LogP contribution < -0.4 is 5.32 Å². The highest BCUT2D eigenvalue weighted by atomic mass is 19.4. The molecule has 1 aliphatic carbocycles. The van der Waals surface area contributed by atoms with Crippen molar-refractivity contribution in [2.45, 2.75) is 31.5 Å². The predicted molar refractivity (Wildman–Crippen MR) is 82.6 cm³/mol. The lowest BCUT2D eigenvalue weighted by atomic mass is 10.2. The van der Waals surface area contributed by atoms with E-state index in [0.29, 0.717) is 5.69 Å². The number of hydrogen-bond acceptors (Lipinski definition) is 5. The molecule has 3 rings (SSSR count). The smallest absolute Gasteiger partial charge is 0.435 e. The number of rotatable bonds is 5. The number of anilines is 1. The maximum absolute atomic E-state index is 12.8. The number of nitro groups is 1. The molecule has 0 atom stereocenters. The Morgan fingerprint density at radius 1 is 1.38 bits per heavy atom. The molecule has 26 heavy (non-hydrogen) atoms. The van der Waals surface area contributed by atoms with Gasteiger partial charge in [0.2, 0.25) is 5.91 Å². The number of hydrogen-bond donors (Lipinski definition) is 2. The predicted octanol–water partition coefficient (Wildman–Crippen LogP) is 3.03. The van der Waals surface area contributed by atoms with Gasteiger partial charge in [0.1, 0.15) is 12.3 Å². The number of carbonyl (C=O) groups excluding carboxylic acids is 1. The number of halogens is 3. The zero-order valence-corrected chi connectivity index (χ0v) is 13.2. The maximum atomic E-state index is 12.8. The monoisotopic (exact) mass is 370 g/mol. The first-order valence-electron chi connectivity index (χ1n) is 7.57. The number of aromatic hydroxyl groups is 1. The quantitative estimate of drug-likeness (QED) is 0.478. The Kier molecular flexibility index (Phi) is 4.30. The second-order valence-corrected chi connectivity index (χ2v) is 5.89. The molecular weight excluding hydrogens is 357 g/mol. The molecule has 8 nitrogen and oxygen atoms in total. The van der Waals surface area contributed by atoms with Crippen LogP contribution in [0.25, 0.3) is 0 Å². The first-order valence-corrected chi connectivity index (χ1v) is 7.57. The zero-order valence-electron chi connectivity index (χ0n) is 13.2. The van der Waals surface area contributed by atoms with Crippen LogP contribution in [-0.2, 0) is 17.5 Å². The van der Waals surface area contributed by atoms with Crippen molar-refractivity contribution in [2.75, 3.05) is 5.32 Å². The van der Waals surface area contributed by atoms with E-state index in [-0.39, 0.29) is 17.3 Å². The molecule has 0 aliphatic heterocycles. The lowest BCUT2D eigenvalue weighted by molar-refractivity contribution is -0.384. The van der Waals surface area contributed by atoms with Crippen LogP contribution in [0.3, 0.4) is 0 Å². The molecule has 0 unspecified atom stereocenters. The normalized spacial score (nSPS) is 14.3. The Labute approximate surface area is 144 Å². The number of nitrogens with zero attached hydrogens (tertiary/aromatic N) is 3. The molecule has 1 aromatic heterocycles. The summed E-state index contributed by atoms with van der Waals surface area (Å²) in [6, 6.07) is 3.98. The number of aromatic nitrogens is 2. The molecule has 1 amide bonds. The van der Waals surface area contributed by atoms with E-state index in [9.17, 15) is 33.2 Å². The van der Waals surface area contributed by atoms with Gasteiger partial charge in [0, 0.05) is 23.7 Å². The van der Waals surface area contributed by atoms with E-state index < -0.39 is 35.0 Å². The van der Waals surface area contributed by atoms with Crippen LogP contribution in [0, 0.1) is 10.1 Å². The van der Waals surface area contributed by atoms with Gasteiger partial charge >= 0.3 is 6.18 Å². The number of phenolic OH excluding ortho intramolecular Hbond substituents is 1. The molecule has 0 saturated heterocycles. The summed E-state index contributed by atoms with van der Waals surface area (Å²) < 4.78 is 39.5. The highest BCUT2D eigenvalue weighted by Gasteiger charge is 2.38. The van der Waals surface area contributed by atoms with Crippen molar-refractivity contribution in [2.24, 2.45) is 0 Å². The lowest BCUT2D eigenvalue weighted by Gasteiger charge is -2.09. The Hall–Kier alpha value is -3.11. The molecule has 1 aromatic carbocycles. The molecule has 138 valence electrons. The Morgan fingerprint density at radius 2 is 2.08 bits per heavy atom. The summed E-state index contributed by atoms with van der Waals surface area (Å²) in [5, 5.41) is 26.1. The van der Waals surface area contributed by atoms with Gasteiger partial charge in [0.05, 0.1) is 10.6 Å². The largest absolute Gasteiger partial charge is 0.506 e. The van der Waals surface area contributed by atoms with Crippen LogP contribution in [0.1, 0.15) is 30.1 Å². The van der Waals surface area contributed by atoms with Crippen molar-refractivity contribution in [3.05, 3.63) is 45.8 Å². The Bertz CT molecular complexity index is 874. The molecule has 0 bridgehead atoms. The number of benzene rings is 1. The summed E-state index contributed by atoms with van der Waals surface area (Å²) in [5.41, 5.74) is -1.32. The fourth-order valence-corrected chi connectivity index (χ4v) is 2.47. The number of phenols is 1. The van der Waals surface area contributed by atoms with E-state index in [1.165, 1.54) is 0 Å². The van der Waals surface area contributed by atoms with Crippen LogP contribution in [0.5, 0.6) is 5.75 Å². The average Bonchev–Trinajstić information content (AvgIpc) is 3.29. The molecule has 1 fully saturated rings. The van der Waals surface area contributed by atoms with Gasteiger partial charge in [0.15, 0.2) is 5.69 Å². The first-order chi connectivity index (χ1) is 12.1. The van der Waals surface area contributed by atoms with Gasteiger partial charge in [-0.2, -0.15) is 18.3 Å². The van der Waals surface area contributed by atoms with Crippen molar-refractivity contribution in [3.8, 4) is 5.75 Å². The zero-order chi connectivity index (χ0) is 19.1. The minimum absolute atomic E-state index is 0.0717. The number of amides is 1. The molecule has 0 spiro atoms. The van der Waals surface area contributed by atoms with Crippen LogP contribution in [0.2, 0.25) is 0 Å². The molecular formula is C15H13F3N4O4. The van der Waals surface area contributed by atoms with Gasteiger partial charge in [0.25, 0.3) is 5.69 Å². The second kappa shape index (κ2) is 6.32. The van der Waals surface area contributed by atoms with E-state index in [4.69, 9.17) is 0 Å². The second-order valence-electron chi connectivity index (χ2n) is 5.89. The van der Waals surface area contributed by atoms with Crippen molar-refractivity contribution in [1.82, 2.24) is 9.78 Å². The minimum atomic E-state index is -4.62.